The number of nitrogens with one attached hydrogen (secondary N) is 1. The van der Waals surface area contributed by atoms with Crippen LogP contribution in [0.4, 0.5) is 0 Å². The lowest BCUT2D eigenvalue weighted by Crippen LogP contribution is -2.22. The van der Waals surface area contributed by atoms with Gasteiger partial charge in [-0.2, -0.15) is 10.4 Å². The highest BCUT2D eigenvalue weighted by molar-refractivity contribution is 5.94. The van der Waals surface area contributed by atoms with Gasteiger partial charge in [0.05, 0.1) is 34.8 Å². The molecule has 0 unspecified atom stereocenters. The van der Waals surface area contributed by atoms with Crippen LogP contribution in [0.15, 0.2) is 85.3 Å². The molecule has 1 N–H and O–H groups in total. The summed E-state index contributed by atoms with van der Waals surface area (Å²) in [6.45, 7) is 0.471. The molecule has 2 aromatic heterocycles. The van der Waals surface area contributed by atoms with Gasteiger partial charge in [-0.1, -0.05) is 30.3 Å². The number of aromatic nitrogens is 3. The molecule has 0 atom stereocenters. The van der Waals surface area contributed by atoms with Crippen LogP contribution in [-0.2, 0) is 6.54 Å². The van der Waals surface area contributed by atoms with Crippen LogP contribution in [0.3, 0.4) is 0 Å². The lowest BCUT2D eigenvalue weighted by atomic mass is 10.2. The van der Waals surface area contributed by atoms with Crippen molar-refractivity contribution in [1.29, 1.82) is 5.26 Å². The Labute approximate surface area is 168 Å². The van der Waals surface area contributed by atoms with Crippen LogP contribution in [0.25, 0.3) is 16.9 Å². The lowest BCUT2D eigenvalue weighted by molar-refractivity contribution is 0.0950. The van der Waals surface area contributed by atoms with Gasteiger partial charge >= 0.3 is 0 Å². The van der Waals surface area contributed by atoms with E-state index in [1.54, 1.807) is 41.3 Å². The molecule has 6 nitrogen and oxygen atoms in total. The second-order valence-corrected chi connectivity index (χ2v) is 6.43. The molecule has 2 aromatic carbocycles. The van der Waals surface area contributed by atoms with Crippen molar-refractivity contribution in [3.63, 3.8) is 0 Å². The van der Waals surface area contributed by atoms with E-state index in [9.17, 15) is 4.79 Å². The summed E-state index contributed by atoms with van der Waals surface area (Å²) >= 11 is 0. The predicted molar refractivity (Wildman–Crippen MR) is 109 cm³/mol. The molecule has 1 amide bonds. The van der Waals surface area contributed by atoms with Gasteiger partial charge in [0.1, 0.15) is 0 Å². The van der Waals surface area contributed by atoms with Crippen LogP contribution in [0.1, 0.15) is 21.5 Å². The fraction of sp³-hybridized carbons (Fsp3) is 0.0435. The van der Waals surface area contributed by atoms with E-state index in [4.69, 9.17) is 5.26 Å². The minimum Gasteiger partial charge on any atom is -0.348 e. The first-order chi connectivity index (χ1) is 14.2. The van der Waals surface area contributed by atoms with Gasteiger partial charge in [-0.05, 0) is 42.0 Å². The average Bonchev–Trinajstić information content (AvgIpc) is 3.29. The van der Waals surface area contributed by atoms with Gasteiger partial charge in [-0.3, -0.25) is 9.78 Å². The molecule has 4 aromatic rings. The van der Waals surface area contributed by atoms with E-state index in [1.165, 1.54) is 0 Å². The lowest BCUT2D eigenvalue weighted by Gasteiger charge is -2.05. The number of carbonyl (C=O) groups is 1. The van der Waals surface area contributed by atoms with E-state index in [-0.39, 0.29) is 5.91 Å². The third-order valence-corrected chi connectivity index (χ3v) is 4.46. The van der Waals surface area contributed by atoms with Gasteiger partial charge in [0.2, 0.25) is 0 Å². The molecule has 0 aliphatic rings. The molecule has 4 rings (SSSR count). The summed E-state index contributed by atoms with van der Waals surface area (Å²) in [6, 6.07) is 22.6. The number of rotatable bonds is 5. The Morgan fingerprint density at radius 3 is 2.48 bits per heavy atom. The minimum atomic E-state index is -0.166. The third kappa shape index (κ3) is 4.20. The number of hydrogen-bond acceptors (Lipinski definition) is 4. The summed E-state index contributed by atoms with van der Waals surface area (Å²) in [5.41, 5.74) is 4.57. The van der Waals surface area contributed by atoms with Crippen molar-refractivity contribution in [2.75, 3.05) is 0 Å². The number of pyridine rings is 1. The molecule has 0 aliphatic carbocycles. The van der Waals surface area contributed by atoms with Gasteiger partial charge in [0.15, 0.2) is 0 Å². The standard InChI is InChI=1S/C23H17N5O/c24-12-17-6-9-21(10-7-17)28-16-20(15-27-28)22-11-8-19(14-25-22)23(29)26-13-18-4-2-1-3-5-18/h1-11,14-16H,13H2,(H,26,29). The molecular formula is C23H17N5O. The number of benzene rings is 2. The summed E-state index contributed by atoms with van der Waals surface area (Å²) in [5.74, 6) is -0.166. The zero-order valence-electron chi connectivity index (χ0n) is 15.5. The van der Waals surface area contributed by atoms with Crippen LogP contribution >= 0.6 is 0 Å². The van der Waals surface area contributed by atoms with Gasteiger partial charge < -0.3 is 5.32 Å². The Hall–Kier alpha value is -4.24. The van der Waals surface area contributed by atoms with Crippen LogP contribution in [0.2, 0.25) is 0 Å². The molecule has 140 valence electrons. The topological polar surface area (TPSA) is 83.6 Å². The normalized spacial score (nSPS) is 10.3. The largest absolute Gasteiger partial charge is 0.348 e. The van der Waals surface area contributed by atoms with Crippen LogP contribution in [-0.4, -0.2) is 20.7 Å². The molecule has 29 heavy (non-hydrogen) atoms. The number of amides is 1. The molecule has 0 fully saturated rings. The Bertz CT molecular complexity index is 1160. The summed E-state index contributed by atoms with van der Waals surface area (Å²) in [4.78, 5) is 16.7. The molecule has 2 heterocycles. The average molecular weight is 379 g/mol. The van der Waals surface area contributed by atoms with Gasteiger partial charge in [0.25, 0.3) is 5.91 Å². The van der Waals surface area contributed by atoms with Crippen molar-refractivity contribution in [2.24, 2.45) is 0 Å². The van der Waals surface area contributed by atoms with Crippen LogP contribution in [0, 0.1) is 11.3 Å². The van der Waals surface area contributed by atoms with Crippen molar-refractivity contribution >= 4 is 5.91 Å². The minimum absolute atomic E-state index is 0.166. The Kier molecular flexibility index (Phi) is 5.12. The van der Waals surface area contributed by atoms with E-state index in [2.05, 4.69) is 21.5 Å². The van der Waals surface area contributed by atoms with Crippen LogP contribution in [0.5, 0.6) is 0 Å². The first kappa shape index (κ1) is 18.1. The second-order valence-electron chi connectivity index (χ2n) is 6.43. The molecule has 0 radical (unpaired) electrons. The van der Waals surface area contributed by atoms with E-state index < -0.39 is 0 Å². The van der Waals surface area contributed by atoms with Crippen molar-refractivity contribution in [1.82, 2.24) is 20.1 Å². The number of nitriles is 1. The van der Waals surface area contributed by atoms with Crippen molar-refractivity contribution < 1.29 is 4.79 Å². The highest BCUT2D eigenvalue weighted by atomic mass is 16.1. The smallest absolute Gasteiger partial charge is 0.253 e. The van der Waals surface area contributed by atoms with Crippen molar-refractivity contribution in [3.05, 3.63) is 102 Å². The van der Waals surface area contributed by atoms with Crippen LogP contribution < -0.4 is 5.32 Å². The first-order valence-corrected chi connectivity index (χ1v) is 9.07. The highest BCUT2D eigenvalue weighted by Gasteiger charge is 2.09. The van der Waals surface area contributed by atoms with Gasteiger partial charge in [-0.15, -0.1) is 0 Å². The zero-order valence-corrected chi connectivity index (χ0v) is 15.5. The summed E-state index contributed by atoms with van der Waals surface area (Å²) in [5, 5.41) is 16.1. The number of hydrogen-bond donors (Lipinski definition) is 1. The fourth-order valence-electron chi connectivity index (χ4n) is 2.86. The molecule has 0 saturated carbocycles. The molecular weight excluding hydrogens is 362 g/mol. The van der Waals surface area contributed by atoms with Gasteiger partial charge in [-0.25, -0.2) is 4.68 Å². The SMILES string of the molecule is N#Cc1ccc(-n2cc(-c3ccc(C(=O)NCc4ccccc4)cn3)cn2)cc1. The molecule has 0 bridgehead atoms. The summed E-state index contributed by atoms with van der Waals surface area (Å²) < 4.78 is 1.72. The number of nitrogens with zero attached hydrogens (tertiary/aromatic N) is 4. The Morgan fingerprint density at radius 2 is 1.79 bits per heavy atom. The molecule has 0 spiro atoms. The monoisotopic (exact) mass is 379 g/mol. The maximum atomic E-state index is 12.3. The maximum Gasteiger partial charge on any atom is 0.253 e. The van der Waals surface area contributed by atoms with E-state index in [0.717, 1.165) is 22.5 Å². The van der Waals surface area contributed by atoms with E-state index in [0.29, 0.717) is 17.7 Å². The molecule has 0 saturated heterocycles. The molecule has 0 aliphatic heterocycles. The Balaban J connectivity index is 1.44. The summed E-state index contributed by atoms with van der Waals surface area (Å²) in [6.07, 6.45) is 5.14. The molecule has 6 heteroatoms. The van der Waals surface area contributed by atoms with E-state index in [1.807, 2.05) is 48.7 Å². The van der Waals surface area contributed by atoms with Crippen molar-refractivity contribution in [3.8, 4) is 23.0 Å². The maximum absolute atomic E-state index is 12.3. The van der Waals surface area contributed by atoms with Crippen molar-refractivity contribution in [2.45, 2.75) is 6.54 Å². The fourth-order valence-corrected chi connectivity index (χ4v) is 2.86. The zero-order chi connectivity index (χ0) is 20.1. The number of carbonyl (C=O) groups excluding carboxylic acids is 1. The third-order valence-electron chi connectivity index (χ3n) is 4.46. The second kappa shape index (κ2) is 8.19. The van der Waals surface area contributed by atoms with E-state index >= 15 is 0 Å². The summed E-state index contributed by atoms with van der Waals surface area (Å²) in [7, 11) is 0. The van der Waals surface area contributed by atoms with Gasteiger partial charge in [0, 0.05) is 24.5 Å². The first-order valence-electron chi connectivity index (χ1n) is 9.07. The Morgan fingerprint density at radius 1 is 1.00 bits per heavy atom. The highest BCUT2D eigenvalue weighted by Crippen LogP contribution is 2.18. The predicted octanol–water partition coefficient (Wildman–Crippen LogP) is 3.74. The quantitative estimate of drug-likeness (QED) is 0.573.